The summed E-state index contributed by atoms with van der Waals surface area (Å²) in [6.07, 6.45) is 4.90. The molecule has 0 aliphatic carbocycles. The van der Waals surface area contributed by atoms with Crippen molar-refractivity contribution >= 4 is 22.0 Å². The molecule has 23 heavy (non-hydrogen) atoms. The van der Waals surface area contributed by atoms with Crippen LogP contribution in [0.2, 0.25) is 0 Å². The van der Waals surface area contributed by atoms with Crippen LogP contribution in [0.1, 0.15) is 29.8 Å². The molecule has 0 unspecified atom stereocenters. The number of hydrogen-bond donors (Lipinski definition) is 1. The van der Waals surface area contributed by atoms with Crippen LogP contribution in [-0.2, 0) is 21.9 Å². The first-order valence-electron chi connectivity index (χ1n) is 7.65. The van der Waals surface area contributed by atoms with Gasteiger partial charge in [0.15, 0.2) is 0 Å². The molecule has 2 rings (SSSR count). The molecule has 1 aromatic rings. The van der Waals surface area contributed by atoms with Crippen LogP contribution >= 0.6 is 0 Å². The standard InChI is InChI=1S/C15H24N4O3S/c1-11-14(12(2)18(3)17-11)6-7-15(20)19-8-4-5-13(9-19)10-23(16,21)22/h6-7,13H,4-5,8-10H2,1-3H3,(H2,16,21,22)/b7-6-/t13-/m1/s1. The lowest BCUT2D eigenvalue weighted by Gasteiger charge is -2.31. The molecule has 1 amide bonds. The van der Waals surface area contributed by atoms with Crippen molar-refractivity contribution in [1.29, 1.82) is 0 Å². The average Bonchev–Trinajstić information content (AvgIpc) is 2.68. The summed E-state index contributed by atoms with van der Waals surface area (Å²) in [5, 5.41) is 9.42. The van der Waals surface area contributed by atoms with E-state index in [1.54, 1.807) is 15.7 Å². The summed E-state index contributed by atoms with van der Waals surface area (Å²) in [5.41, 5.74) is 2.82. The van der Waals surface area contributed by atoms with Crippen LogP contribution < -0.4 is 5.14 Å². The normalized spacial score (nSPS) is 19.5. The van der Waals surface area contributed by atoms with E-state index in [9.17, 15) is 13.2 Å². The number of rotatable bonds is 4. The SMILES string of the molecule is Cc1nn(C)c(C)c1/C=C\C(=O)N1CCC[C@@H](CS(N)(=O)=O)C1. The Balaban J connectivity index is 2.04. The molecule has 2 heterocycles. The maximum Gasteiger partial charge on any atom is 0.246 e. The van der Waals surface area contributed by atoms with E-state index in [1.807, 2.05) is 20.9 Å². The number of aryl methyl sites for hydroxylation is 2. The number of aromatic nitrogens is 2. The van der Waals surface area contributed by atoms with Gasteiger partial charge in [-0.1, -0.05) is 0 Å². The molecule has 1 atom stereocenters. The molecule has 2 N–H and O–H groups in total. The topological polar surface area (TPSA) is 98.3 Å². The van der Waals surface area contributed by atoms with Crippen molar-refractivity contribution in [3.63, 3.8) is 0 Å². The van der Waals surface area contributed by atoms with E-state index in [0.29, 0.717) is 13.1 Å². The molecule has 0 spiro atoms. The zero-order valence-corrected chi connectivity index (χ0v) is 14.6. The smallest absolute Gasteiger partial charge is 0.246 e. The lowest BCUT2D eigenvalue weighted by molar-refractivity contribution is -0.127. The number of nitrogens with zero attached hydrogens (tertiary/aromatic N) is 3. The Morgan fingerprint density at radius 1 is 1.43 bits per heavy atom. The summed E-state index contributed by atoms with van der Waals surface area (Å²) < 4.78 is 24.2. The number of amides is 1. The molecular weight excluding hydrogens is 316 g/mol. The second-order valence-electron chi connectivity index (χ2n) is 6.16. The number of primary sulfonamides is 1. The highest BCUT2D eigenvalue weighted by molar-refractivity contribution is 7.89. The Morgan fingerprint density at radius 2 is 2.13 bits per heavy atom. The highest BCUT2D eigenvalue weighted by Gasteiger charge is 2.25. The number of carbonyl (C=O) groups is 1. The molecule has 0 bridgehead atoms. The van der Waals surface area contributed by atoms with Crippen LogP contribution in [0, 0.1) is 19.8 Å². The molecule has 1 aliphatic rings. The fourth-order valence-corrected chi connectivity index (χ4v) is 3.95. The van der Waals surface area contributed by atoms with Crippen molar-refractivity contribution < 1.29 is 13.2 Å². The summed E-state index contributed by atoms with van der Waals surface area (Å²) in [6.45, 7) is 4.94. The number of sulfonamides is 1. The molecule has 1 fully saturated rings. The molecular formula is C15H24N4O3S. The number of carbonyl (C=O) groups excluding carboxylic acids is 1. The summed E-state index contributed by atoms with van der Waals surface area (Å²) in [7, 11) is -1.64. The summed E-state index contributed by atoms with van der Waals surface area (Å²) >= 11 is 0. The van der Waals surface area contributed by atoms with Gasteiger partial charge in [0, 0.05) is 37.5 Å². The summed E-state index contributed by atoms with van der Waals surface area (Å²) in [4.78, 5) is 14.0. The third kappa shape index (κ3) is 4.65. The summed E-state index contributed by atoms with van der Waals surface area (Å²) in [5.74, 6) is -0.258. The predicted octanol–water partition coefficient (Wildman–Crippen LogP) is 0.577. The monoisotopic (exact) mass is 340 g/mol. The molecule has 1 aliphatic heterocycles. The minimum atomic E-state index is -3.50. The van der Waals surface area contributed by atoms with Crippen LogP contribution in [0.15, 0.2) is 6.08 Å². The van der Waals surface area contributed by atoms with E-state index in [1.165, 1.54) is 6.08 Å². The van der Waals surface area contributed by atoms with Crippen molar-refractivity contribution in [2.75, 3.05) is 18.8 Å². The largest absolute Gasteiger partial charge is 0.339 e. The Hall–Kier alpha value is -1.67. The molecule has 0 radical (unpaired) electrons. The lowest BCUT2D eigenvalue weighted by atomic mass is 10.00. The Labute approximate surface area is 137 Å². The van der Waals surface area contributed by atoms with Crippen molar-refractivity contribution in [2.45, 2.75) is 26.7 Å². The molecule has 1 aromatic heterocycles. The van der Waals surface area contributed by atoms with Gasteiger partial charge in [0.25, 0.3) is 0 Å². The van der Waals surface area contributed by atoms with Gasteiger partial charge in [-0.25, -0.2) is 13.6 Å². The van der Waals surface area contributed by atoms with Crippen molar-refractivity contribution in [3.8, 4) is 0 Å². The first kappa shape index (κ1) is 17.7. The average molecular weight is 340 g/mol. The van der Waals surface area contributed by atoms with E-state index in [0.717, 1.165) is 29.8 Å². The van der Waals surface area contributed by atoms with Gasteiger partial charge >= 0.3 is 0 Å². The van der Waals surface area contributed by atoms with Gasteiger partial charge in [0.1, 0.15) is 0 Å². The zero-order valence-electron chi connectivity index (χ0n) is 13.8. The van der Waals surface area contributed by atoms with Crippen LogP contribution in [0.3, 0.4) is 0 Å². The van der Waals surface area contributed by atoms with Crippen LogP contribution in [0.5, 0.6) is 0 Å². The molecule has 0 aromatic carbocycles. The number of likely N-dealkylation sites (tertiary alicyclic amines) is 1. The number of piperidine rings is 1. The fourth-order valence-electron chi connectivity index (χ4n) is 3.02. The van der Waals surface area contributed by atoms with Gasteiger partial charge in [-0.2, -0.15) is 5.10 Å². The van der Waals surface area contributed by atoms with Crippen LogP contribution in [-0.4, -0.2) is 47.8 Å². The van der Waals surface area contributed by atoms with E-state index in [2.05, 4.69) is 5.10 Å². The van der Waals surface area contributed by atoms with Gasteiger partial charge in [-0.3, -0.25) is 9.48 Å². The fraction of sp³-hybridized carbons (Fsp3) is 0.600. The first-order valence-corrected chi connectivity index (χ1v) is 9.36. The van der Waals surface area contributed by atoms with E-state index in [-0.39, 0.29) is 17.6 Å². The maximum absolute atomic E-state index is 12.3. The second-order valence-corrected chi connectivity index (χ2v) is 7.82. The van der Waals surface area contributed by atoms with Crippen LogP contribution in [0.25, 0.3) is 6.08 Å². The molecule has 0 saturated carbocycles. The van der Waals surface area contributed by atoms with E-state index < -0.39 is 10.0 Å². The first-order chi connectivity index (χ1) is 10.7. The van der Waals surface area contributed by atoms with Gasteiger partial charge < -0.3 is 4.90 Å². The van der Waals surface area contributed by atoms with Gasteiger partial charge in [-0.15, -0.1) is 0 Å². The molecule has 1 saturated heterocycles. The van der Waals surface area contributed by atoms with Gasteiger partial charge in [0.05, 0.1) is 11.4 Å². The minimum absolute atomic E-state index is 0.0681. The van der Waals surface area contributed by atoms with E-state index in [4.69, 9.17) is 5.14 Å². The van der Waals surface area contributed by atoms with Crippen LogP contribution in [0.4, 0.5) is 0 Å². The van der Waals surface area contributed by atoms with Crippen molar-refractivity contribution in [2.24, 2.45) is 18.1 Å². The highest BCUT2D eigenvalue weighted by Crippen LogP contribution is 2.19. The Bertz CT molecular complexity index is 721. The minimum Gasteiger partial charge on any atom is -0.339 e. The van der Waals surface area contributed by atoms with Gasteiger partial charge in [0.2, 0.25) is 15.9 Å². The van der Waals surface area contributed by atoms with Crippen molar-refractivity contribution in [1.82, 2.24) is 14.7 Å². The quantitative estimate of drug-likeness (QED) is 0.811. The third-order valence-corrected chi connectivity index (χ3v) is 5.19. The molecule has 8 heteroatoms. The third-order valence-electron chi connectivity index (χ3n) is 4.26. The highest BCUT2D eigenvalue weighted by atomic mass is 32.2. The molecule has 7 nitrogen and oxygen atoms in total. The maximum atomic E-state index is 12.3. The summed E-state index contributed by atoms with van der Waals surface area (Å²) in [6, 6.07) is 0. The van der Waals surface area contributed by atoms with Crippen molar-refractivity contribution in [3.05, 3.63) is 23.0 Å². The Morgan fingerprint density at radius 3 is 2.70 bits per heavy atom. The van der Waals surface area contributed by atoms with E-state index >= 15 is 0 Å². The number of hydrogen-bond acceptors (Lipinski definition) is 4. The zero-order chi connectivity index (χ0) is 17.2. The Kier molecular flexibility index (Phi) is 5.26. The van der Waals surface area contributed by atoms with Gasteiger partial charge in [-0.05, 0) is 38.7 Å². The predicted molar refractivity (Wildman–Crippen MR) is 89.0 cm³/mol. The second kappa shape index (κ2) is 6.84. The lowest BCUT2D eigenvalue weighted by Crippen LogP contribution is -2.41. The number of nitrogens with two attached hydrogens (primary N) is 1. The molecule has 128 valence electrons.